The van der Waals surface area contributed by atoms with Crippen molar-refractivity contribution < 1.29 is 4.79 Å². The molecule has 2 aromatic rings. The van der Waals surface area contributed by atoms with Crippen LogP contribution in [0, 0.1) is 5.92 Å². The highest BCUT2D eigenvalue weighted by molar-refractivity contribution is 5.95. The number of carbonyl (C=O) groups is 1. The maximum absolute atomic E-state index is 12.6. The van der Waals surface area contributed by atoms with E-state index in [0.717, 1.165) is 43.6 Å². The van der Waals surface area contributed by atoms with Crippen molar-refractivity contribution in [3.63, 3.8) is 0 Å². The first-order valence-corrected chi connectivity index (χ1v) is 8.93. The SMILES string of the molecule is Cl.O=C(NCC1CCCNC1)c1ccccc1CCc1ccccc1. The van der Waals surface area contributed by atoms with E-state index in [1.165, 1.54) is 18.4 Å². The Morgan fingerprint density at radius 1 is 1.04 bits per heavy atom. The van der Waals surface area contributed by atoms with Gasteiger partial charge in [0, 0.05) is 12.1 Å². The maximum atomic E-state index is 12.6. The van der Waals surface area contributed by atoms with E-state index in [9.17, 15) is 4.79 Å². The number of amides is 1. The summed E-state index contributed by atoms with van der Waals surface area (Å²) in [4.78, 5) is 12.6. The van der Waals surface area contributed by atoms with Gasteiger partial charge in [0.1, 0.15) is 0 Å². The van der Waals surface area contributed by atoms with Gasteiger partial charge in [-0.15, -0.1) is 12.4 Å². The lowest BCUT2D eigenvalue weighted by atomic mass is 9.98. The van der Waals surface area contributed by atoms with Crippen molar-refractivity contribution in [2.24, 2.45) is 5.92 Å². The lowest BCUT2D eigenvalue weighted by molar-refractivity contribution is 0.0944. The van der Waals surface area contributed by atoms with Gasteiger partial charge in [0.15, 0.2) is 0 Å². The number of rotatable bonds is 6. The summed E-state index contributed by atoms with van der Waals surface area (Å²) < 4.78 is 0. The summed E-state index contributed by atoms with van der Waals surface area (Å²) in [6, 6.07) is 18.4. The molecule has 1 unspecified atom stereocenters. The van der Waals surface area contributed by atoms with Gasteiger partial charge in [0.2, 0.25) is 0 Å². The Kier molecular flexibility index (Phi) is 7.96. The van der Waals surface area contributed by atoms with Gasteiger partial charge in [0.05, 0.1) is 0 Å². The monoisotopic (exact) mass is 358 g/mol. The summed E-state index contributed by atoms with van der Waals surface area (Å²) in [5.74, 6) is 0.614. The quantitative estimate of drug-likeness (QED) is 0.828. The largest absolute Gasteiger partial charge is 0.352 e. The molecule has 0 aromatic heterocycles. The first-order chi connectivity index (χ1) is 11.8. The molecule has 1 heterocycles. The molecule has 1 fully saturated rings. The standard InChI is InChI=1S/C21H26N2O.ClH/c24-21(23-16-18-9-6-14-22-15-18)20-11-5-4-10-19(20)13-12-17-7-2-1-3-8-17;/h1-5,7-8,10-11,18,22H,6,9,12-16H2,(H,23,24);1H. The fourth-order valence-corrected chi connectivity index (χ4v) is 3.31. The Hall–Kier alpha value is -1.84. The lowest BCUT2D eigenvalue weighted by Crippen LogP contribution is -2.38. The summed E-state index contributed by atoms with van der Waals surface area (Å²) in [7, 11) is 0. The van der Waals surface area contributed by atoms with Crippen LogP contribution < -0.4 is 10.6 Å². The minimum Gasteiger partial charge on any atom is -0.352 e. The molecule has 0 spiro atoms. The van der Waals surface area contributed by atoms with E-state index in [1.54, 1.807) is 0 Å². The van der Waals surface area contributed by atoms with Gasteiger partial charge in [-0.05, 0) is 61.9 Å². The van der Waals surface area contributed by atoms with E-state index >= 15 is 0 Å². The third-order valence-corrected chi connectivity index (χ3v) is 4.74. The number of hydrogen-bond donors (Lipinski definition) is 2. The third-order valence-electron chi connectivity index (χ3n) is 4.74. The van der Waals surface area contributed by atoms with Crippen molar-refractivity contribution in [1.29, 1.82) is 0 Å². The number of carbonyl (C=O) groups excluding carboxylic acids is 1. The fraction of sp³-hybridized carbons (Fsp3) is 0.381. The Balaban J connectivity index is 0.00000225. The third kappa shape index (κ3) is 5.87. The molecule has 134 valence electrons. The van der Waals surface area contributed by atoms with Crippen molar-refractivity contribution in [2.45, 2.75) is 25.7 Å². The van der Waals surface area contributed by atoms with Crippen LogP contribution in [0.25, 0.3) is 0 Å². The molecule has 1 aliphatic heterocycles. The zero-order valence-corrected chi connectivity index (χ0v) is 15.4. The second-order valence-electron chi connectivity index (χ2n) is 6.57. The van der Waals surface area contributed by atoms with E-state index in [0.29, 0.717) is 5.92 Å². The van der Waals surface area contributed by atoms with Crippen molar-refractivity contribution in [3.8, 4) is 0 Å². The van der Waals surface area contributed by atoms with Gasteiger partial charge in [0.25, 0.3) is 5.91 Å². The van der Waals surface area contributed by atoms with Crippen LogP contribution in [0.3, 0.4) is 0 Å². The molecule has 0 bridgehead atoms. The minimum absolute atomic E-state index is 0. The molecule has 2 aromatic carbocycles. The van der Waals surface area contributed by atoms with Crippen LogP contribution in [0.1, 0.15) is 34.3 Å². The van der Waals surface area contributed by atoms with Crippen LogP contribution in [0.4, 0.5) is 0 Å². The average Bonchev–Trinajstić information content (AvgIpc) is 2.66. The zero-order chi connectivity index (χ0) is 16.6. The molecule has 1 atom stereocenters. The Morgan fingerprint density at radius 3 is 2.56 bits per heavy atom. The molecule has 3 nitrogen and oxygen atoms in total. The van der Waals surface area contributed by atoms with Crippen LogP contribution in [0.15, 0.2) is 54.6 Å². The van der Waals surface area contributed by atoms with Crippen molar-refractivity contribution in [1.82, 2.24) is 10.6 Å². The average molecular weight is 359 g/mol. The molecule has 1 saturated heterocycles. The molecule has 1 amide bonds. The molecule has 0 saturated carbocycles. The second kappa shape index (κ2) is 10.2. The van der Waals surface area contributed by atoms with Crippen molar-refractivity contribution >= 4 is 18.3 Å². The molecule has 0 radical (unpaired) electrons. The highest BCUT2D eigenvalue weighted by Gasteiger charge is 2.16. The number of hydrogen-bond acceptors (Lipinski definition) is 2. The number of benzene rings is 2. The van der Waals surface area contributed by atoms with Gasteiger partial charge in [-0.2, -0.15) is 0 Å². The van der Waals surface area contributed by atoms with Crippen LogP contribution >= 0.6 is 12.4 Å². The summed E-state index contributed by atoms with van der Waals surface area (Å²) in [6.45, 7) is 2.88. The van der Waals surface area contributed by atoms with Crippen molar-refractivity contribution in [3.05, 3.63) is 71.3 Å². The smallest absolute Gasteiger partial charge is 0.251 e. The number of piperidine rings is 1. The molecule has 3 rings (SSSR count). The summed E-state index contributed by atoms with van der Waals surface area (Å²) in [6.07, 6.45) is 4.24. The Labute approximate surface area is 156 Å². The first kappa shape index (κ1) is 19.5. The molecular formula is C21H27ClN2O. The summed E-state index contributed by atoms with van der Waals surface area (Å²) in [5, 5.41) is 6.53. The van der Waals surface area contributed by atoms with E-state index in [2.05, 4.69) is 41.0 Å². The van der Waals surface area contributed by atoms with E-state index in [1.807, 2.05) is 24.3 Å². The van der Waals surface area contributed by atoms with Gasteiger partial charge in [-0.1, -0.05) is 48.5 Å². The molecule has 4 heteroatoms. The summed E-state index contributed by atoms with van der Waals surface area (Å²) >= 11 is 0. The topological polar surface area (TPSA) is 41.1 Å². The van der Waals surface area contributed by atoms with E-state index < -0.39 is 0 Å². The lowest BCUT2D eigenvalue weighted by Gasteiger charge is -2.23. The van der Waals surface area contributed by atoms with Crippen LogP contribution in [-0.2, 0) is 12.8 Å². The van der Waals surface area contributed by atoms with Gasteiger partial charge in [-0.25, -0.2) is 0 Å². The molecule has 25 heavy (non-hydrogen) atoms. The number of nitrogens with one attached hydrogen (secondary N) is 2. The highest BCUT2D eigenvalue weighted by atomic mass is 35.5. The second-order valence-corrected chi connectivity index (χ2v) is 6.57. The fourth-order valence-electron chi connectivity index (χ4n) is 3.31. The molecule has 1 aliphatic rings. The normalized spacial score (nSPS) is 16.7. The van der Waals surface area contributed by atoms with Crippen LogP contribution in [0.5, 0.6) is 0 Å². The molecular weight excluding hydrogens is 332 g/mol. The zero-order valence-electron chi connectivity index (χ0n) is 14.5. The van der Waals surface area contributed by atoms with Gasteiger partial charge >= 0.3 is 0 Å². The number of aryl methyl sites for hydroxylation is 2. The van der Waals surface area contributed by atoms with E-state index in [-0.39, 0.29) is 18.3 Å². The maximum Gasteiger partial charge on any atom is 0.251 e. The predicted octanol–water partition coefficient (Wildman–Crippen LogP) is 3.62. The van der Waals surface area contributed by atoms with Gasteiger partial charge < -0.3 is 10.6 Å². The van der Waals surface area contributed by atoms with Crippen molar-refractivity contribution in [2.75, 3.05) is 19.6 Å². The first-order valence-electron chi connectivity index (χ1n) is 8.93. The number of halogens is 1. The van der Waals surface area contributed by atoms with Crippen LogP contribution in [0.2, 0.25) is 0 Å². The van der Waals surface area contributed by atoms with E-state index in [4.69, 9.17) is 0 Å². The molecule has 2 N–H and O–H groups in total. The highest BCUT2D eigenvalue weighted by Crippen LogP contribution is 2.14. The van der Waals surface area contributed by atoms with Crippen LogP contribution in [-0.4, -0.2) is 25.5 Å². The summed E-state index contributed by atoms with van der Waals surface area (Å²) in [5.41, 5.74) is 3.25. The minimum atomic E-state index is 0. The predicted molar refractivity (Wildman–Crippen MR) is 105 cm³/mol. The Bertz CT molecular complexity index is 654. The molecule has 0 aliphatic carbocycles. The Morgan fingerprint density at radius 2 is 1.80 bits per heavy atom. The van der Waals surface area contributed by atoms with Gasteiger partial charge in [-0.3, -0.25) is 4.79 Å².